The van der Waals surface area contributed by atoms with E-state index in [2.05, 4.69) is 4.98 Å². The highest BCUT2D eigenvalue weighted by Gasteiger charge is 2.32. The molecule has 18 heavy (non-hydrogen) atoms. The molecule has 1 aliphatic carbocycles. The highest BCUT2D eigenvalue weighted by molar-refractivity contribution is 5.97. The van der Waals surface area contributed by atoms with E-state index in [9.17, 15) is 9.59 Å². The van der Waals surface area contributed by atoms with E-state index < -0.39 is 5.97 Å². The first kappa shape index (κ1) is 12.5. The minimum absolute atomic E-state index is 0.0897. The first-order chi connectivity index (χ1) is 8.63. The summed E-state index contributed by atoms with van der Waals surface area (Å²) in [4.78, 5) is 28.7. The number of nitrogens with zero attached hydrogens (tertiary/aromatic N) is 2. The van der Waals surface area contributed by atoms with Gasteiger partial charge in [0.1, 0.15) is 5.69 Å². The van der Waals surface area contributed by atoms with E-state index in [1.165, 1.54) is 12.3 Å². The van der Waals surface area contributed by atoms with Crippen molar-refractivity contribution in [2.24, 2.45) is 0 Å². The first-order valence-corrected chi connectivity index (χ1v) is 6.13. The molecule has 0 spiro atoms. The zero-order chi connectivity index (χ0) is 13.1. The van der Waals surface area contributed by atoms with Gasteiger partial charge in [0.2, 0.25) is 0 Å². The fourth-order valence-electron chi connectivity index (χ4n) is 1.92. The highest BCUT2D eigenvalue weighted by Crippen LogP contribution is 2.28. The number of aromatic carboxylic acids is 1. The molecule has 1 saturated carbocycles. The highest BCUT2D eigenvalue weighted by atomic mass is 16.4. The van der Waals surface area contributed by atoms with Crippen LogP contribution in [-0.4, -0.2) is 39.5 Å². The number of aromatic nitrogens is 1. The van der Waals surface area contributed by atoms with Crippen LogP contribution in [0.1, 0.15) is 47.0 Å². The second-order valence-electron chi connectivity index (χ2n) is 4.46. The molecule has 0 aliphatic heterocycles. The van der Waals surface area contributed by atoms with Gasteiger partial charge in [0.15, 0.2) is 0 Å². The van der Waals surface area contributed by atoms with Crippen LogP contribution in [0.3, 0.4) is 0 Å². The van der Waals surface area contributed by atoms with Gasteiger partial charge in [-0.15, -0.1) is 0 Å². The summed E-state index contributed by atoms with van der Waals surface area (Å²) >= 11 is 0. The number of pyridine rings is 1. The maximum absolute atomic E-state index is 12.3. The number of rotatable bonds is 5. The summed E-state index contributed by atoms with van der Waals surface area (Å²) in [6.45, 7) is 2.74. The zero-order valence-corrected chi connectivity index (χ0v) is 10.3. The Balaban J connectivity index is 2.21. The van der Waals surface area contributed by atoms with Crippen molar-refractivity contribution in [3.8, 4) is 0 Å². The molecule has 1 N–H and O–H groups in total. The Bertz CT molecular complexity index is 469. The lowest BCUT2D eigenvalue weighted by Crippen LogP contribution is -2.33. The van der Waals surface area contributed by atoms with Crippen LogP contribution in [0.5, 0.6) is 0 Å². The van der Waals surface area contributed by atoms with Gasteiger partial charge in [-0.1, -0.05) is 6.92 Å². The largest absolute Gasteiger partial charge is 0.477 e. The Morgan fingerprint density at radius 3 is 2.78 bits per heavy atom. The summed E-state index contributed by atoms with van der Waals surface area (Å²) in [5.74, 6) is -1.21. The van der Waals surface area contributed by atoms with Gasteiger partial charge in [-0.3, -0.25) is 4.79 Å². The minimum Gasteiger partial charge on any atom is -0.477 e. The molecule has 96 valence electrons. The number of carboxylic acids is 1. The molecular formula is C13H16N2O3. The quantitative estimate of drug-likeness (QED) is 0.862. The molecule has 0 saturated heterocycles. The SMILES string of the molecule is CCCN(C(=O)c1ccnc(C(=O)O)c1)C1CC1. The molecule has 1 heterocycles. The van der Waals surface area contributed by atoms with Gasteiger partial charge < -0.3 is 10.0 Å². The Labute approximate surface area is 105 Å². The van der Waals surface area contributed by atoms with Crippen molar-refractivity contribution in [1.29, 1.82) is 0 Å². The van der Waals surface area contributed by atoms with Crippen molar-refractivity contribution in [3.63, 3.8) is 0 Å². The standard InChI is InChI=1S/C13H16N2O3/c1-2-7-15(10-3-4-10)12(16)9-5-6-14-11(8-9)13(17)18/h5-6,8,10H,2-4,7H2,1H3,(H,17,18). The molecule has 1 aromatic rings. The van der Waals surface area contributed by atoms with Gasteiger partial charge in [-0.2, -0.15) is 0 Å². The van der Waals surface area contributed by atoms with E-state index in [4.69, 9.17) is 5.11 Å². The van der Waals surface area contributed by atoms with Crippen LogP contribution in [0.25, 0.3) is 0 Å². The molecule has 5 nitrogen and oxygen atoms in total. The lowest BCUT2D eigenvalue weighted by Gasteiger charge is -2.21. The van der Waals surface area contributed by atoms with Crippen LogP contribution >= 0.6 is 0 Å². The molecule has 2 rings (SSSR count). The summed E-state index contributed by atoms with van der Waals surface area (Å²) in [7, 11) is 0. The van der Waals surface area contributed by atoms with Crippen molar-refractivity contribution in [3.05, 3.63) is 29.6 Å². The van der Waals surface area contributed by atoms with Crippen molar-refractivity contribution in [2.45, 2.75) is 32.2 Å². The Kier molecular flexibility index (Phi) is 3.60. The summed E-state index contributed by atoms with van der Waals surface area (Å²) < 4.78 is 0. The second-order valence-corrected chi connectivity index (χ2v) is 4.46. The summed E-state index contributed by atoms with van der Waals surface area (Å²) in [5.41, 5.74) is 0.316. The number of hydrogen-bond acceptors (Lipinski definition) is 3. The van der Waals surface area contributed by atoms with Crippen LogP contribution < -0.4 is 0 Å². The van der Waals surface area contributed by atoms with E-state index in [-0.39, 0.29) is 11.6 Å². The first-order valence-electron chi connectivity index (χ1n) is 6.13. The predicted octanol–water partition coefficient (Wildman–Crippen LogP) is 1.79. The molecular weight excluding hydrogens is 232 g/mol. The molecule has 1 fully saturated rings. The average molecular weight is 248 g/mol. The van der Waals surface area contributed by atoms with Crippen molar-refractivity contribution in [2.75, 3.05) is 6.54 Å². The Morgan fingerprint density at radius 2 is 2.22 bits per heavy atom. The van der Waals surface area contributed by atoms with Gasteiger partial charge in [-0.25, -0.2) is 9.78 Å². The molecule has 0 bridgehead atoms. The molecule has 0 atom stereocenters. The lowest BCUT2D eigenvalue weighted by atomic mass is 10.2. The summed E-state index contributed by atoms with van der Waals surface area (Å²) in [6, 6.07) is 3.24. The van der Waals surface area contributed by atoms with Gasteiger partial charge in [0, 0.05) is 24.3 Å². The van der Waals surface area contributed by atoms with Gasteiger partial charge in [0.25, 0.3) is 5.91 Å². The molecule has 1 amide bonds. The average Bonchev–Trinajstić information content (AvgIpc) is 3.19. The monoisotopic (exact) mass is 248 g/mol. The van der Waals surface area contributed by atoms with Crippen LogP contribution in [0.2, 0.25) is 0 Å². The van der Waals surface area contributed by atoms with Crippen molar-refractivity contribution >= 4 is 11.9 Å². The minimum atomic E-state index is -1.11. The molecule has 0 unspecified atom stereocenters. The van der Waals surface area contributed by atoms with Gasteiger partial charge in [0.05, 0.1) is 0 Å². The lowest BCUT2D eigenvalue weighted by molar-refractivity contribution is 0.0690. The third kappa shape index (κ3) is 2.67. The third-order valence-corrected chi connectivity index (χ3v) is 2.94. The normalized spacial score (nSPS) is 14.3. The maximum Gasteiger partial charge on any atom is 0.354 e. The van der Waals surface area contributed by atoms with Crippen LogP contribution in [0, 0.1) is 0 Å². The van der Waals surface area contributed by atoms with Gasteiger partial charge >= 0.3 is 5.97 Å². The van der Waals surface area contributed by atoms with E-state index in [1.54, 1.807) is 6.07 Å². The fourth-order valence-corrected chi connectivity index (χ4v) is 1.92. The van der Waals surface area contributed by atoms with E-state index >= 15 is 0 Å². The maximum atomic E-state index is 12.3. The van der Waals surface area contributed by atoms with E-state index in [1.807, 2.05) is 11.8 Å². The van der Waals surface area contributed by atoms with E-state index in [0.717, 1.165) is 19.3 Å². The van der Waals surface area contributed by atoms with Crippen LogP contribution in [-0.2, 0) is 0 Å². The fraction of sp³-hybridized carbons (Fsp3) is 0.462. The molecule has 5 heteroatoms. The number of carbonyl (C=O) groups excluding carboxylic acids is 1. The predicted molar refractivity (Wildman–Crippen MR) is 65.5 cm³/mol. The van der Waals surface area contributed by atoms with Crippen molar-refractivity contribution < 1.29 is 14.7 Å². The topological polar surface area (TPSA) is 70.5 Å². The second kappa shape index (κ2) is 5.16. The number of carboxylic acid groups (broad SMARTS) is 1. The smallest absolute Gasteiger partial charge is 0.354 e. The Hall–Kier alpha value is -1.91. The van der Waals surface area contributed by atoms with E-state index in [0.29, 0.717) is 18.2 Å². The number of hydrogen-bond donors (Lipinski definition) is 1. The number of carbonyl (C=O) groups is 2. The third-order valence-electron chi connectivity index (χ3n) is 2.94. The molecule has 0 radical (unpaired) electrons. The number of amides is 1. The van der Waals surface area contributed by atoms with Crippen LogP contribution in [0.4, 0.5) is 0 Å². The zero-order valence-electron chi connectivity index (χ0n) is 10.3. The summed E-state index contributed by atoms with van der Waals surface area (Å²) in [6.07, 6.45) is 4.36. The van der Waals surface area contributed by atoms with Crippen molar-refractivity contribution in [1.82, 2.24) is 9.88 Å². The molecule has 0 aromatic carbocycles. The van der Waals surface area contributed by atoms with Gasteiger partial charge in [-0.05, 0) is 31.4 Å². The summed E-state index contributed by atoms with van der Waals surface area (Å²) in [5, 5.41) is 8.87. The molecule has 1 aromatic heterocycles. The Morgan fingerprint density at radius 1 is 1.50 bits per heavy atom. The van der Waals surface area contributed by atoms with Crippen LogP contribution in [0.15, 0.2) is 18.3 Å². The molecule has 1 aliphatic rings.